The molecule has 4 rings (SSSR count). The fraction of sp³-hybridized carbons (Fsp3) is 0.333. The van der Waals surface area contributed by atoms with Crippen LogP contribution >= 0.6 is 0 Å². The number of nitrogens with zero attached hydrogens (tertiary/aromatic N) is 3. The molecule has 0 saturated heterocycles. The molecule has 1 aliphatic heterocycles. The number of rotatable bonds is 4. The summed E-state index contributed by atoms with van der Waals surface area (Å²) in [6.07, 6.45) is 0.663. The van der Waals surface area contributed by atoms with Crippen LogP contribution in [-0.4, -0.2) is 41.8 Å². The summed E-state index contributed by atoms with van der Waals surface area (Å²) in [6.45, 7) is 2.76. The number of benzene rings is 2. The Kier molecular flexibility index (Phi) is 5.00. The van der Waals surface area contributed by atoms with Crippen LogP contribution in [0.15, 0.2) is 41.2 Å². The molecule has 0 saturated carbocycles. The molecule has 0 N–H and O–H groups in total. The smallest absolute Gasteiger partial charge is 0.261 e. The molecule has 3 aromatic rings. The molecule has 6 nitrogen and oxygen atoms in total. The van der Waals surface area contributed by atoms with Crippen LogP contribution in [0.4, 0.5) is 4.39 Å². The average molecular weight is 383 g/mol. The van der Waals surface area contributed by atoms with Crippen LogP contribution in [0.5, 0.6) is 11.5 Å². The van der Waals surface area contributed by atoms with Gasteiger partial charge in [-0.3, -0.25) is 14.3 Å². The number of hydrogen-bond donors (Lipinski definition) is 0. The second-order valence-electron chi connectivity index (χ2n) is 6.86. The summed E-state index contributed by atoms with van der Waals surface area (Å²) in [7, 11) is 3.24. The van der Waals surface area contributed by atoms with E-state index in [0.717, 1.165) is 24.5 Å². The molecule has 0 unspecified atom stereocenters. The Labute approximate surface area is 162 Å². The maximum atomic E-state index is 13.5. The molecule has 7 heteroatoms. The van der Waals surface area contributed by atoms with Crippen molar-refractivity contribution >= 4 is 10.9 Å². The Hall–Kier alpha value is -2.93. The van der Waals surface area contributed by atoms with Crippen LogP contribution in [0.25, 0.3) is 10.9 Å². The van der Waals surface area contributed by atoms with Crippen molar-refractivity contribution in [1.29, 1.82) is 0 Å². The Morgan fingerprint density at radius 3 is 2.64 bits per heavy atom. The highest BCUT2D eigenvalue weighted by Crippen LogP contribution is 2.28. The minimum Gasteiger partial charge on any atom is -0.493 e. The number of fused-ring (bicyclic) bond motifs is 2. The highest BCUT2D eigenvalue weighted by molar-refractivity contribution is 5.77. The zero-order chi connectivity index (χ0) is 19.7. The molecule has 2 aromatic carbocycles. The van der Waals surface area contributed by atoms with E-state index in [0.29, 0.717) is 41.9 Å². The van der Waals surface area contributed by atoms with E-state index in [1.54, 1.807) is 24.9 Å². The number of hydrogen-bond acceptors (Lipinski definition) is 5. The van der Waals surface area contributed by atoms with E-state index in [4.69, 9.17) is 9.47 Å². The Morgan fingerprint density at radius 1 is 1.04 bits per heavy atom. The van der Waals surface area contributed by atoms with E-state index < -0.39 is 5.82 Å². The summed E-state index contributed by atoms with van der Waals surface area (Å²) in [5, 5.41) is 0.331. The lowest BCUT2D eigenvalue weighted by Crippen LogP contribution is -2.28. The first kappa shape index (κ1) is 18.4. The molecule has 0 bridgehead atoms. The van der Waals surface area contributed by atoms with Crippen LogP contribution in [0, 0.1) is 5.82 Å². The van der Waals surface area contributed by atoms with Gasteiger partial charge in [-0.2, -0.15) is 0 Å². The third-order valence-corrected chi connectivity index (χ3v) is 5.14. The van der Waals surface area contributed by atoms with Gasteiger partial charge in [0.05, 0.1) is 25.1 Å². The lowest BCUT2D eigenvalue weighted by molar-refractivity contribution is 0.270. The van der Waals surface area contributed by atoms with Crippen LogP contribution in [-0.2, 0) is 19.5 Å². The molecule has 0 fully saturated rings. The Bertz CT molecular complexity index is 1080. The molecule has 1 aromatic heterocycles. The summed E-state index contributed by atoms with van der Waals surface area (Å²) < 4.78 is 25.9. The maximum Gasteiger partial charge on any atom is 0.261 e. The van der Waals surface area contributed by atoms with Crippen LogP contribution in [0.3, 0.4) is 0 Å². The topological polar surface area (TPSA) is 56.6 Å². The van der Waals surface area contributed by atoms with Gasteiger partial charge >= 0.3 is 0 Å². The number of halogens is 1. The van der Waals surface area contributed by atoms with E-state index >= 15 is 0 Å². The van der Waals surface area contributed by atoms with Gasteiger partial charge in [0.25, 0.3) is 5.56 Å². The van der Waals surface area contributed by atoms with Gasteiger partial charge in [0.15, 0.2) is 11.5 Å². The third kappa shape index (κ3) is 3.45. The summed E-state index contributed by atoms with van der Waals surface area (Å²) in [5.41, 5.74) is 1.48. The van der Waals surface area contributed by atoms with Crippen molar-refractivity contribution in [1.82, 2.24) is 14.5 Å². The first-order valence-corrected chi connectivity index (χ1v) is 9.21. The molecular formula is C21H22FN3O3. The molecule has 0 spiro atoms. The van der Waals surface area contributed by atoms with Gasteiger partial charge in [0, 0.05) is 32.6 Å². The normalized spacial score (nSPS) is 14.5. The van der Waals surface area contributed by atoms with Gasteiger partial charge < -0.3 is 9.47 Å². The van der Waals surface area contributed by atoms with Gasteiger partial charge in [-0.25, -0.2) is 9.37 Å². The largest absolute Gasteiger partial charge is 0.493 e. The molecule has 0 aliphatic carbocycles. The van der Waals surface area contributed by atoms with E-state index in [1.807, 2.05) is 18.2 Å². The number of methoxy groups -OCH3 is 2. The van der Waals surface area contributed by atoms with Gasteiger partial charge in [0.2, 0.25) is 0 Å². The van der Waals surface area contributed by atoms with E-state index in [9.17, 15) is 9.18 Å². The lowest BCUT2D eigenvalue weighted by atomic mass is 10.2. The van der Waals surface area contributed by atoms with Gasteiger partial charge in [0.1, 0.15) is 11.6 Å². The molecule has 0 atom stereocenters. The van der Waals surface area contributed by atoms with Gasteiger partial charge in [-0.15, -0.1) is 0 Å². The molecule has 0 radical (unpaired) electrons. The first-order valence-electron chi connectivity index (χ1n) is 9.21. The van der Waals surface area contributed by atoms with Gasteiger partial charge in [-0.1, -0.05) is 6.07 Å². The predicted molar refractivity (Wildman–Crippen MR) is 104 cm³/mol. The lowest BCUT2D eigenvalue weighted by Gasteiger charge is -2.20. The second kappa shape index (κ2) is 7.59. The summed E-state index contributed by atoms with van der Waals surface area (Å²) >= 11 is 0. The zero-order valence-corrected chi connectivity index (χ0v) is 15.9. The third-order valence-electron chi connectivity index (χ3n) is 5.14. The quantitative estimate of drug-likeness (QED) is 0.693. The minimum atomic E-state index is -0.421. The van der Waals surface area contributed by atoms with Crippen molar-refractivity contribution in [3.63, 3.8) is 0 Å². The molecule has 1 aliphatic rings. The molecule has 0 amide bonds. The molecular weight excluding hydrogens is 361 g/mol. The zero-order valence-electron chi connectivity index (χ0n) is 15.9. The monoisotopic (exact) mass is 383 g/mol. The standard InChI is InChI=1S/C21H22FN3O3/c1-27-18-6-3-14(11-19(18)28-2)13-24-8-7-20-23-17-5-4-15(22)12-16(17)21(26)25(20)10-9-24/h3-6,11-12H,7-10,13H2,1-2H3. The van der Waals surface area contributed by atoms with Crippen LogP contribution < -0.4 is 15.0 Å². The maximum absolute atomic E-state index is 13.5. The molecule has 146 valence electrons. The summed E-state index contributed by atoms with van der Waals surface area (Å²) in [4.78, 5) is 19.7. The Morgan fingerprint density at radius 2 is 1.86 bits per heavy atom. The highest BCUT2D eigenvalue weighted by Gasteiger charge is 2.18. The number of aromatic nitrogens is 2. The van der Waals surface area contributed by atoms with Crippen LogP contribution in [0.1, 0.15) is 11.4 Å². The number of ether oxygens (including phenoxy) is 2. The van der Waals surface area contributed by atoms with Crippen molar-refractivity contribution in [2.45, 2.75) is 19.5 Å². The van der Waals surface area contributed by atoms with E-state index in [1.165, 1.54) is 12.1 Å². The molecule has 2 heterocycles. The van der Waals surface area contributed by atoms with Crippen LogP contribution in [0.2, 0.25) is 0 Å². The predicted octanol–water partition coefficient (Wildman–Crippen LogP) is 2.61. The fourth-order valence-corrected chi connectivity index (χ4v) is 3.67. The fourth-order valence-electron chi connectivity index (χ4n) is 3.67. The van der Waals surface area contributed by atoms with Crippen molar-refractivity contribution in [2.75, 3.05) is 27.3 Å². The second-order valence-corrected chi connectivity index (χ2v) is 6.86. The highest BCUT2D eigenvalue weighted by atomic mass is 19.1. The minimum absolute atomic E-state index is 0.174. The SMILES string of the molecule is COc1ccc(CN2CCc3nc4ccc(F)cc4c(=O)n3CC2)cc1OC. The summed E-state index contributed by atoms with van der Waals surface area (Å²) in [6, 6.07) is 10.1. The average Bonchev–Trinajstić information content (AvgIpc) is 2.91. The summed E-state index contributed by atoms with van der Waals surface area (Å²) in [5.74, 6) is 1.73. The van der Waals surface area contributed by atoms with E-state index in [2.05, 4.69) is 9.88 Å². The van der Waals surface area contributed by atoms with Gasteiger partial charge in [-0.05, 0) is 35.9 Å². The molecule has 28 heavy (non-hydrogen) atoms. The van der Waals surface area contributed by atoms with Crippen molar-refractivity contribution < 1.29 is 13.9 Å². The Balaban J connectivity index is 1.57. The van der Waals surface area contributed by atoms with Crippen molar-refractivity contribution in [3.8, 4) is 11.5 Å². The van der Waals surface area contributed by atoms with E-state index in [-0.39, 0.29) is 5.56 Å². The van der Waals surface area contributed by atoms with Crippen molar-refractivity contribution in [2.24, 2.45) is 0 Å². The van der Waals surface area contributed by atoms with Crippen molar-refractivity contribution in [3.05, 3.63) is 64.0 Å². The first-order chi connectivity index (χ1) is 13.6.